The zero-order chi connectivity index (χ0) is 25.8. The van der Waals surface area contributed by atoms with Crippen LogP contribution in [-0.2, 0) is 6.42 Å². The monoisotopic (exact) mass is 481 g/mol. The number of aromatic hydroxyl groups is 1. The minimum absolute atomic E-state index is 0.218. The van der Waals surface area contributed by atoms with E-state index in [1.165, 1.54) is 37.1 Å². The summed E-state index contributed by atoms with van der Waals surface area (Å²) in [6.07, 6.45) is 10.4. The first-order valence-corrected chi connectivity index (χ1v) is 12.1. The van der Waals surface area contributed by atoms with E-state index in [1.54, 1.807) is 19.1 Å². The smallest absolute Gasteiger partial charge is 0.408 e. The molecular formula is C28H35NO6. The van der Waals surface area contributed by atoms with Crippen molar-refractivity contribution in [2.75, 3.05) is 0 Å². The van der Waals surface area contributed by atoms with E-state index >= 15 is 0 Å². The van der Waals surface area contributed by atoms with Gasteiger partial charge in [0.2, 0.25) is 0 Å². The number of carbonyl (C=O) groups is 2. The molecule has 1 atom stereocenters. The molecule has 0 spiro atoms. The number of aryl methyl sites for hydroxylation is 1. The van der Waals surface area contributed by atoms with Crippen molar-refractivity contribution in [1.82, 2.24) is 5.32 Å². The highest BCUT2D eigenvalue weighted by Crippen LogP contribution is 2.26. The third-order valence-electron chi connectivity index (χ3n) is 5.79. The molecule has 2 aromatic rings. The van der Waals surface area contributed by atoms with Crippen LogP contribution >= 0.6 is 0 Å². The van der Waals surface area contributed by atoms with E-state index in [1.807, 2.05) is 31.2 Å². The normalized spacial score (nSPS) is 12.6. The van der Waals surface area contributed by atoms with Gasteiger partial charge in [0.25, 0.3) is 0 Å². The summed E-state index contributed by atoms with van der Waals surface area (Å²) in [5.41, 5.74) is 1.15. The fourth-order valence-electron chi connectivity index (χ4n) is 3.70. The van der Waals surface area contributed by atoms with Crippen LogP contribution in [0.5, 0.6) is 5.75 Å². The van der Waals surface area contributed by atoms with Gasteiger partial charge in [0, 0.05) is 18.2 Å². The SMILES string of the molecule is CCCCCCc1ccc(/C=C(\C)C(=O)c2c(O)cc(C(C)CC/C=C/NC(=O)O)oc2=O)cc1. The summed E-state index contributed by atoms with van der Waals surface area (Å²) in [4.78, 5) is 35.9. The summed E-state index contributed by atoms with van der Waals surface area (Å²) in [6.45, 7) is 5.61. The highest BCUT2D eigenvalue weighted by atomic mass is 16.4. The molecule has 0 aliphatic rings. The maximum atomic E-state index is 12.9. The molecule has 35 heavy (non-hydrogen) atoms. The third-order valence-corrected chi connectivity index (χ3v) is 5.79. The fourth-order valence-corrected chi connectivity index (χ4v) is 3.70. The number of hydrogen-bond donors (Lipinski definition) is 3. The molecule has 0 saturated heterocycles. The molecule has 0 saturated carbocycles. The van der Waals surface area contributed by atoms with Gasteiger partial charge in [-0.05, 0) is 55.4 Å². The molecule has 2 rings (SSSR count). The second-order valence-electron chi connectivity index (χ2n) is 8.74. The molecule has 1 aromatic carbocycles. The average molecular weight is 482 g/mol. The molecule has 7 nitrogen and oxygen atoms in total. The van der Waals surface area contributed by atoms with Gasteiger partial charge in [-0.15, -0.1) is 0 Å². The van der Waals surface area contributed by atoms with Crippen LogP contribution in [0.1, 0.15) is 92.5 Å². The summed E-state index contributed by atoms with van der Waals surface area (Å²) in [5.74, 6) is -0.947. The number of benzene rings is 1. The second-order valence-corrected chi connectivity index (χ2v) is 8.74. The van der Waals surface area contributed by atoms with Crippen molar-refractivity contribution >= 4 is 18.0 Å². The molecule has 0 fully saturated rings. The predicted molar refractivity (Wildman–Crippen MR) is 137 cm³/mol. The Morgan fingerprint density at radius 3 is 2.49 bits per heavy atom. The molecule has 188 valence electrons. The van der Waals surface area contributed by atoms with Gasteiger partial charge in [0.05, 0.1) is 0 Å². The molecule has 7 heteroatoms. The first kappa shape index (κ1) is 27.6. The number of Topliss-reactive ketones (excluding diaryl/α,β-unsaturated/α-hetero) is 1. The number of rotatable bonds is 13. The second kappa shape index (κ2) is 13.9. The van der Waals surface area contributed by atoms with Gasteiger partial charge in [-0.25, -0.2) is 9.59 Å². The van der Waals surface area contributed by atoms with E-state index in [4.69, 9.17) is 9.52 Å². The molecule has 1 unspecified atom stereocenters. The lowest BCUT2D eigenvalue weighted by Crippen LogP contribution is -2.16. The standard InChI is InChI=1S/C28H35NO6/c1-4-5-6-7-11-21-12-14-22(15-13-21)17-20(3)26(31)25-23(30)18-24(35-27(25)32)19(2)10-8-9-16-29-28(33)34/h9,12-19,29-30H,4-8,10-11H2,1-3H3,(H,33,34)/b16-9+,20-17+. The summed E-state index contributed by atoms with van der Waals surface area (Å²) in [6, 6.07) is 9.28. The van der Waals surface area contributed by atoms with E-state index in [9.17, 15) is 19.5 Å². The molecule has 1 amide bonds. The van der Waals surface area contributed by atoms with Crippen LogP contribution in [0.25, 0.3) is 6.08 Å². The van der Waals surface area contributed by atoms with Crippen molar-refractivity contribution in [1.29, 1.82) is 0 Å². The molecule has 3 N–H and O–H groups in total. The van der Waals surface area contributed by atoms with Crippen LogP contribution in [0.15, 0.2) is 57.4 Å². The minimum atomic E-state index is -1.15. The molecule has 0 aliphatic heterocycles. The third kappa shape index (κ3) is 8.92. The van der Waals surface area contributed by atoms with E-state index in [-0.39, 0.29) is 17.2 Å². The molecular weight excluding hydrogens is 446 g/mol. The summed E-state index contributed by atoms with van der Waals surface area (Å²) in [7, 11) is 0. The van der Waals surface area contributed by atoms with Crippen molar-refractivity contribution in [3.63, 3.8) is 0 Å². The number of unbranched alkanes of at least 4 members (excludes halogenated alkanes) is 3. The Labute approximate surface area is 206 Å². The van der Waals surface area contributed by atoms with Gasteiger partial charge in [0.15, 0.2) is 5.78 Å². The summed E-state index contributed by atoms with van der Waals surface area (Å²) < 4.78 is 5.34. The number of ketones is 1. The Hall–Kier alpha value is -3.61. The van der Waals surface area contributed by atoms with E-state index in [0.717, 1.165) is 18.4 Å². The highest BCUT2D eigenvalue weighted by Gasteiger charge is 2.22. The van der Waals surface area contributed by atoms with E-state index in [2.05, 4.69) is 12.2 Å². The maximum absolute atomic E-state index is 12.9. The fraction of sp³-hybridized carbons (Fsp3) is 0.393. The Balaban J connectivity index is 2.07. The van der Waals surface area contributed by atoms with Gasteiger partial charge in [-0.1, -0.05) is 63.5 Å². The minimum Gasteiger partial charge on any atom is -0.507 e. The Morgan fingerprint density at radius 2 is 1.86 bits per heavy atom. The molecule has 0 radical (unpaired) electrons. The van der Waals surface area contributed by atoms with Crippen molar-refractivity contribution in [2.24, 2.45) is 0 Å². The zero-order valence-electron chi connectivity index (χ0n) is 20.7. The van der Waals surface area contributed by atoms with E-state index < -0.39 is 23.3 Å². The Kier molecular flexibility index (Phi) is 11.0. The zero-order valence-corrected chi connectivity index (χ0v) is 20.7. The summed E-state index contributed by atoms with van der Waals surface area (Å²) >= 11 is 0. The lowest BCUT2D eigenvalue weighted by molar-refractivity contribution is 0.102. The average Bonchev–Trinajstić information content (AvgIpc) is 2.81. The van der Waals surface area contributed by atoms with Crippen LogP contribution < -0.4 is 10.9 Å². The number of nitrogens with one attached hydrogen (secondary N) is 1. The van der Waals surface area contributed by atoms with Crippen LogP contribution in [0.3, 0.4) is 0 Å². The van der Waals surface area contributed by atoms with Crippen LogP contribution in [-0.4, -0.2) is 22.1 Å². The van der Waals surface area contributed by atoms with Crippen LogP contribution in [0, 0.1) is 0 Å². The van der Waals surface area contributed by atoms with E-state index in [0.29, 0.717) is 18.4 Å². The first-order chi connectivity index (χ1) is 16.7. The number of amides is 1. The van der Waals surface area contributed by atoms with Crippen molar-refractivity contribution < 1.29 is 24.2 Å². The van der Waals surface area contributed by atoms with Crippen molar-refractivity contribution in [3.05, 3.63) is 81.1 Å². The molecule has 0 bridgehead atoms. The van der Waals surface area contributed by atoms with Gasteiger partial charge in [-0.3, -0.25) is 10.1 Å². The quantitative estimate of drug-likeness (QED) is 0.173. The summed E-state index contributed by atoms with van der Waals surface area (Å²) in [5, 5.41) is 21.1. The Bertz CT molecular complexity index is 1110. The first-order valence-electron chi connectivity index (χ1n) is 12.1. The van der Waals surface area contributed by atoms with Crippen LogP contribution in [0.2, 0.25) is 0 Å². The number of allylic oxidation sites excluding steroid dienone is 2. The maximum Gasteiger partial charge on any atom is 0.408 e. The van der Waals surface area contributed by atoms with Gasteiger partial charge < -0.3 is 14.6 Å². The lowest BCUT2D eigenvalue weighted by Gasteiger charge is -2.11. The van der Waals surface area contributed by atoms with Crippen molar-refractivity contribution in [3.8, 4) is 5.75 Å². The van der Waals surface area contributed by atoms with Crippen molar-refractivity contribution in [2.45, 2.75) is 71.6 Å². The topological polar surface area (TPSA) is 117 Å². The number of hydrogen-bond acceptors (Lipinski definition) is 5. The Morgan fingerprint density at radius 1 is 1.14 bits per heavy atom. The number of carboxylic acid groups (broad SMARTS) is 1. The van der Waals surface area contributed by atoms with Gasteiger partial charge >= 0.3 is 11.7 Å². The molecule has 1 heterocycles. The largest absolute Gasteiger partial charge is 0.507 e. The highest BCUT2D eigenvalue weighted by molar-refractivity contribution is 6.12. The van der Waals surface area contributed by atoms with Gasteiger partial charge in [0.1, 0.15) is 17.1 Å². The van der Waals surface area contributed by atoms with Gasteiger partial charge in [-0.2, -0.15) is 0 Å². The molecule has 1 aromatic heterocycles. The van der Waals surface area contributed by atoms with Crippen LogP contribution in [0.4, 0.5) is 4.79 Å². The number of carbonyl (C=O) groups excluding carboxylic acids is 1. The molecule has 0 aliphatic carbocycles. The predicted octanol–water partition coefficient (Wildman–Crippen LogP) is 6.42. The lowest BCUT2D eigenvalue weighted by atomic mass is 9.99.